The maximum absolute atomic E-state index is 10.7. The van der Waals surface area contributed by atoms with Crippen LogP contribution >= 0.6 is 0 Å². The zero-order chi connectivity index (χ0) is 12.7. The zero-order valence-corrected chi connectivity index (χ0v) is 10.5. The van der Waals surface area contributed by atoms with Gasteiger partial charge in [-0.15, -0.1) is 5.10 Å². The van der Waals surface area contributed by atoms with Gasteiger partial charge in [-0.1, -0.05) is 6.92 Å². The Labute approximate surface area is 105 Å². The summed E-state index contributed by atoms with van der Waals surface area (Å²) in [4.78, 5) is 10.7. The molecule has 0 bridgehead atoms. The van der Waals surface area contributed by atoms with Crippen LogP contribution in [-0.4, -0.2) is 31.3 Å². The zero-order valence-electron chi connectivity index (χ0n) is 10.5. The van der Waals surface area contributed by atoms with Crippen molar-refractivity contribution < 1.29 is 9.90 Å². The van der Waals surface area contributed by atoms with Gasteiger partial charge in [-0.2, -0.15) is 0 Å². The lowest BCUT2D eigenvalue weighted by atomic mass is 10.0. The second-order valence-corrected chi connectivity index (χ2v) is 5.85. The predicted molar refractivity (Wildman–Crippen MR) is 62.8 cm³/mol. The molecule has 0 saturated heterocycles. The van der Waals surface area contributed by atoms with Gasteiger partial charge in [-0.25, -0.2) is 4.68 Å². The smallest absolute Gasteiger partial charge is 0.303 e. The number of aliphatic carboxylic acids is 1. The third-order valence-electron chi connectivity index (χ3n) is 4.18. The van der Waals surface area contributed by atoms with E-state index in [4.69, 9.17) is 5.11 Å². The van der Waals surface area contributed by atoms with E-state index in [1.54, 1.807) is 0 Å². The Kier molecular flexibility index (Phi) is 2.80. The van der Waals surface area contributed by atoms with Crippen molar-refractivity contribution in [3.63, 3.8) is 0 Å². The molecule has 98 valence electrons. The molecule has 0 radical (unpaired) electrons. The maximum atomic E-state index is 10.7. The second kappa shape index (κ2) is 4.33. The highest BCUT2D eigenvalue weighted by atomic mass is 16.4. The van der Waals surface area contributed by atoms with Gasteiger partial charge in [0, 0.05) is 18.9 Å². The molecule has 1 heterocycles. The van der Waals surface area contributed by atoms with E-state index in [1.165, 1.54) is 19.3 Å². The molecule has 3 rings (SSSR count). The Morgan fingerprint density at radius 3 is 2.83 bits per heavy atom. The molecule has 2 fully saturated rings. The lowest BCUT2D eigenvalue weighted by Gasteiger charge is -2.14. The number of hydrogen-bond acceptors (Lipinski definition) is 4. The number of carbonyl (C=O) groups is 1. The van der Waals surface area contributed by atoms with Gasteiger partial charge in [-0.3, -0.25) is 4.79 Å². The fourth-order valence-corrected chi connectivity index (χ4v) is 3.22. The average molecular weight is 250 g/mol. The van der Waals surface area contributed by atoms with Crippen LogP contribution in [0.2, 0.25) is 0 Å². The first kappa shape index (κ1) is 11.6. The summed E-state index contributed by atoms with van der Waals surface area (Å²) in [7, 11) is 0. The quantitative estimate of drug-likeness (QED) is 0.851. The number of carboxylic acids is 1. The summed E-state index contributed by atoms with van der Waals surface area (Å²) in [5.41, 5.74) is 0. The fraction of sp³-hybridized carbons (Fsp3) is 0.833. The summed E-state index contributed by atoms with van der Waals surface area (Å²) in [6.45, 7) is 2.52. The van der Waals surface area contributed by atoms with Crippen LogP contribution in [0, 0.1) is 17.8 Å². The van der Waals surface area contributed by atoms with Crippen molar-refractivity contribution in [2.75, 3.05) is 0 Å². The molecular formula is C12H18N4O2. The van der Waals surface area contributed by atoms with E-state index in [9.17, 15) is 4.79 Å². The Balaban J connectivity index is 1.65. The Morgan fingerprint density at radius 2 is 2.17 bits per heavy atom. The number of tetrazole rings is 1. The number of carboxylic acid groups (broad SMARTS) is 1. The first-order chi connectivity index (χ1) is 8.63. The van der Waals surface area contributed by atoms with E-state index in [0.29, 0.717) is 12.5 Å². The topological polar surface area (TPSA) is 80.9 Å². The van der Waals surface area contributed by atoms with Crippen molar-refractivity contribution in [2.24, 2.45) is 17.8 Å². The van der Waals surface area contributed by atoms with Crippen LogP contribution in [0.15, 0.2) is 0 Å². The van der Waals surface area contributed by atoms with Crippen molar-refractivity contribution in [3.8, 4) is 0 Å². The van der Waals surface area contributed by atoms with Crippen molar-refractivity contribution >= 4 is 5.97 Å². The summed E-state index contributed by atoms with van der Waals surface area (Å²) in [5, 5.41) is 20.7. The number of aromatic nitrogens is 4. The van der Waals surface area contributed by atoms with Crippen LogP contribution in [0.25, 0.3) is 0 Å². The largest absolute Gasteiger partial charge is 0.481 e. The van der Waals surface area contributed by atoms with E-state index in [1.807, 2.05) is 11.6 Å². The van der Waals surface area contributed by atoms with Crippen LogP contribution in [0.4, 0.5) is 0 Å². The van der Waals surface area contributed by atoms with Crippen molar-refractivity contribution in [1.29, 1.82) is 0 Å². The lowest BCUT2D eigenvalue weighted by Crippen LogP contribution is -2.17. The number of hydrogen-bond donors (Lipinski definition) is 1. The molecule has 18 heavy (non-hydrogen) atoms. The van der Waals surface area contributed by atoms with Gasteiger partial charge in [0.1, 0.15) is 0 Å². The maximum Gasteiger partial charge on any atom is 0.303 e. The van der Waals surface area contributed by atoms with Crippen LogP contribution < -0.4 is 0 Å². The van der Waals surface area contributed by atoms with Crippen molar-refractivity contribution in [1.82, 2.24) is 20.2 Å². The molecule has 1 aromatic heterocycles. The van der Waals surface area contributed by atoms with E-state index in [2.05, 4.69) is 15.5 Å². The molecule has 0 aromatic carbocycles. The van der Waals surface area contributed by atoms with E-state index >= 15 is 0 Å². The third kappa shape index (κ3) is 2.23. The predicted octanol–water partition coefficient (Wildman–Crippen LogP) is 1.30. The van der Waals surface area contributed by atoms with Crippen molar-refractivity contribution in [3.05, 3.63) is 5.82 Å². The highest BCUT2D eigenvalue weighted by molar-refractivity contribution is 5.66. The number of nitrogens with zero attached hydrogens (tertiary/aromatic N) is 4. The molecule has 0 spiro atoms. The Bertz CT molecular complexity index is 449. The lowest BCUT2D eigenvalue weighted by molar-refractivity contribution is -0.138. The number of rotatable bonds is 5. The number of fused-ring (bicyclic) bond motifs is 1. The van der Waals surface area contributed by atoms with Crippen LogP contribution in [0.5, 0.6) is 0 Å². The van der Waals surface area contributed by atoms with Crippen LogP contribution in [-0.2, 0) is 11.3 Å². The molecule has 3 atom stereocenters. The SMILES string of the molecule is CC(CC(=O)O)Cn1nnnc1C1CC2CC2C1. The van der Waals surface area contributed by atoms with Gasteiger partial charge >= 0.3 is 5.97 Å². The summed E-state index contributed by atoms with van der Waals surface area (Å²) < 4.78 is 1.81. The molecule has 0 aliphatic heterocycles. The molecule has 2 aliphatic rings. The van der Waals surface area contributed by atoms with Gasteiger partial charge in [0.15, 0.2) is 5.82 Å². The minimum absolute atomic E-state index is 0.0562. The van der Waals surface area contributed by atoms with Gasteiger partial charge in [0.05, 0.1) is 0 Å². The van der Waals surface area contributed by atoms with E-state index in [-0.39, 0.29) is 12.3 Å². The second-order valence-electron chi connectivity index (χ2n) is 5.85. The van der Waals surface area contributed by atoms with Gasteiger partial charge < -0.3 is 5.11 Å². The Morgan fingerprint density at radius 1 is 1.44 bits per heavy atom. The van der Waals surface area contributed by atoms with Crippen LogP contribution in [0.3, 0.4) is 0 Å². The minimum atomic E-state index is -0.765. The first-order valence-electron chi connectivity index (χ1n) is 6.61. The summed E-state index contributed by atoms with van der Waals surface area (Å²) >= 11 is 0. The minimum Gasteiger partial charge on any atom is -0.481 e. The summed E-state index contributed by atoms with van der Waals surface area (Å²) in [6, 6.07) is 0. The first-order valence-corrected chi connectivity index (χ1v) is 6.61. The molecule has 6 heteroatoms. The van der Waals surface area contributed by atoms with E-state index in [0.717, 1.165) is 17.7 Å². The molecule has 6 nitrogen and oxygen atoms in total. The summed E-state index contributed by atoms with van der Waals surface area (Å²) in [5.74, 6) is 2.54. The molecule has 2 saturated carbocycles. The monoisotopic (exact) mass is 250 g/mol. The third-order valence-corrected chi connectivity index (χ3v) is 4.18. The molecule has 0 amide bonds. The average Bonchev–Trinajstić information content (AvgIpc) is 2.74. The van der Waals surface area contributed by atoms with Gasteiger partial charge in [-0.05, 0) is 47.4 Å². The molecule has 2 aliphatic carbocycles. The van der Waals surface area contributed by atoms with Crippen LogP contribution in [0.1, 0.15) is 44.3 Å². The highest BCUT2D eigenvalue weighted by Gasteiger charge is 2.47. The standard InChI is InChI=1S/C12H18N4O2/c1-7(2-11(17)18)6-16-12(13-14-15-16)10-4-8-3-9(8)5-10/h7-10H,2-6H2,1H3,(H,17,18). The molecule has 3 unspecified atom stereocenters. The van der Waals surface area contributed by atoms with Gasteiger partial charge in [0.25, 0.3) is 0 Å². The molecule has 1 N–H and O–H groups in total. The Hall–Kier alpha value is -1.46. The normalized spacial score (nSPS) is 31.1. The molecule has 1 aromatic rings. The van der Waals surface area contributed by atoms with E-state index < -0.39 is 5.97 Å². The van der Waals surface area contributed by atoms with Crippen molar-refractivity contribution in [2.45, 2.75) is 45.1 Å². The summed E-state index contributed by atoms with van der Waals surface area (Å²) in [6.07, 6.45) is 3.96. The fourth-order valence-electron chi connectivity index (χ4n) is 3.22. The van der Waals surface area contributed by atoms with Gasteiger partial charge in [0.2, 0.25) is 0 Å². The highest BCUT2D eigenvalue weighted by Crippen LogP contribution is 2.57. The molecular weight excluding hydrogens is 232 g/mol.